The molecule has 0 aliphatic heterocycles. The van der Waals surface area contributed by atoms with Gasteiger partial charge in [-0.05, 0) is 56.1 Å². The highest BCUT2D eigenvalue weighted by Crippen LogP contribution is 2.52. The number of rotatable bonds is 8. The predicted octanol–water partition coefficient (Wildman–Crippen LogP) is 5.00. The number of halogens is 1. The number of nitrogens with zero attached hydrogens (tertiary/aromatic N) is 4. The quantitative estimate of drug-likeness (QED) is 0.461. The lowest BCUT2D eigenvalue weighted by atomic mass is 9.84. The molecule has 2 aliphatic rings. The molecule has 2 aromatic rings. The first kappa shape index (κ1) is 19.3. The van der Waals surface area contributed by atoms with Crippen LogP contribution in [0.1, 0.15) is 50.9 Å². The molecule has 1 aromatic heterocycles. The van der Waals surface area contributed by atoms with Crippen molar-refractivity contribution in [3.63, 3.8) is 0 Å². The van der Waals surface area contributed by atoms with E-state index < -0.39 is 0 Å². The Kier molecular flexibility index (Phi) is 5.86. The Morgan fingerprint density at radius 1 is 1.32 bits per heavy atom. The number of hydrogen-bond donors (Lipinski definition) is 0. The molecule has 2 aliphatic carbocycles. The second-order valence-electron chi connectivity index (χ2n) is 7.82. The summed E-state index contributed by atoms with van der Waals surface area (Å²) >= 11 is 1.56. The zero-order valence-corrected chi connectivity index (χ0v) is 16.9. The molecule has 2 bridgehead atoms. The Labute approximate surface area is 169 Å². The van der Waals surface area contributed by atoms with E-state index in [1.54, 1.807) is 30.0 Å². The third-order valence-corrected chi connectivity index (χ3v) is 7.14. The van der Waals surface area contributed by atoms with Crippen LogP contribution in [0.3, 0.4) is 0 Å². The molecular formula is C21H25FN4OS. The Morgan fingerprint density at radius 3 is 2.89 bits per heavy atom. The van der Waals surface area contributed by atoms with Crippen molar-refractivity contribution < 1.29 is 9.13 Å². The molecule has 0 saturated heterocycles. The van der Waals surface area contributed by atoms with Crippen LogP contribution < -0.4 is 4.74 Å². The number of fused-ring (bicyclic) bond motifs is 2. The first-order chi connectivity index (χ1) is 13.7. The maximum absolute atomic E-state index is 13.9. The minimum atomic E-state index is -0.377. The number of nitriles is 1. The summed E-state index contributed by atoms with van der Waals surface area (Å²) in [6.45, 7) is 2.42. The van der Waals surface area contributed by atoms with Gasteiger partial charge >= 0.3 is 0 Å². The van der Waals surface area contributed by atoms with Crippen molar-refractivity contribution in [2.75, 3.05) is 5.75 Å². The van der Waals surface area contributed by atoms with Gasteiger partial charge in [0.05, 0.1) is 6.07 Å². The molecule has 0 spiro atoms. The second kappa shape index (κ2) is 8.52. The van der Waals surface area contributed by atoms with Crippen molar-refractivity contribution in [2.45, 2.75) is 56.8 Å². The van der Waals surface area contributed by atoms with E-state index in [1.165, 1.54) is 31.7 Å². The Balaban J connectivity index is 1.55. The van der Waals surface area contributed by atoms with Gasteiger partial charge in [0.25, 0.3) is 0 Å². The Bertz CT molecular complexity index is 864. The fourth-order valence-corrected chi connectivity index (χ4v) is 5.77. The van der Waals surface area contributed by atoms with Gasteiger partial charge in [0.1, 0.15) is 6.61 Å². The van der Waals surface area contributed by atoms with Crippen molar-refractivity contribution in [1.29, 1.82) is 5.26 Å². The minimum Gasteiger partial charge on any atom is -0.483 e. The highest BCUT2D eigenvalue weighted by molar-refractivity contribution is 7.99. The number of aromatic nitrogens is 3. The third-order valence-electron chi connectivity index (χ3n) is 6.19. The molecular weight excluding hydrogens is 375 g/mol. The largest absolute Gasteiger partial charge is 0.483 e. The normalized spacial score (nSPS) is 24.2. The van der Waals surface area contributed by atoms with Gasteiger partial charge in [-0.1, -0.05) is 30.3 Å². The lowest BCUT2D eigenvalue weighted by molar-refractivity contribution is 0.215. The second-order valence-corrected chi connectivity index (χ2v) is 8.89. The van der Waals surface area contributed by atoms with E-state index in [0.29, 0.717) is 18.1 Å². The SMILES string of the molecule is C[C@@H]([C@H]1C[C@H]2CC[C@H]1C2)n1c(COc2ccccc2F)nnc1SCCC#N. The highest BCUT2D eigenvalue weighted by atomic mass is 32.2. The fraction of sp³-hybridized carbons (Fsp3) is 0.571. The summed E-state index contributed by atoms with van der Waals surface area (Å²) in [5.41, 5.74) is 0. The minimum absolute atomic E-state index is 0.178. The Hall–Kier alpha value is -2.07. The van der Waals surface area contributed by atoms with Crippen LogP contribution in [0.15, 0.2) is 29.4 Å². The number of para-hydroxylation sites is 1. The van der Waals surface area contributed by atoms with Crippen molar-refractivity contribution in [3.8, 4) is 11.8 Å². The summed E-state index contributed by atoms with van der Waals surface area (Å²) in [4.78, 5) is 0. The maximum Gasteiger partial charge on any atom is 0.191 e. The molecule has 0 unspecified atom stereocenters. The molecule has 1 heterocycles. The van der Waals surface area contributed by atoms with Crippen LogP contribution in [0.4, 0.5) is 4.39 Å². The van der Waals surface area contributed by atoms with Crippen LogP contribution in [-0.4, -0.2) is 20.5 Å². The topological polar surface area (TPSA) is 63.7 Å². The average Bonchev–Trinajstić information content (AvgIpc) is 3.43. The van der Waals surface area contributed by atoms with E-state index in [4.69, 9.17) is 10.00 Å². The van der Waals surface area contributed by atoms with Crippen LogP contribution >= 0.6 is 11.8 Å². The van der Waals surface area contributed by atoms with Gasteiger partial charge in [-0.2, -0.15) is 5.26 Å². The summed E-state index contributed by atoms with van der Waals surface area (Å²) in [7, 11) is 0. The summed E-state index contributed by atoms with van der Waals surface area (Å²) in [6.07, 6.45) is 5.76. The van der Waals surface area contributed by atoms with Crippen LogP contribution in [-0.2, 0) is 6.61 Å². The molecule has 148 valence electrons. The van der Waals surface area contributed by atoms with E-state index in [2.05, 4.69) is 27.8 Å². The lowest BCUT2D eigenvalue weighted by Crippen LogP contribution is -2.24. The summed E-state index contributed by atoms with van der Waals surface area (Å²) < 4.78 is 21.8. The van der Waals surface area contributed by atoms with Gasteiger partial charge in [-0.25, -0.2) is 4.39 Å². The third kappa shape index (κ3) is 3.88. The first-order valence-corrected chi connectivity index (χ1v) is 11.0. The molecule has 0 radical (unpaired) electrons. The van der Waals surface area contributed by atoms with Crippen molar-refractivity contribution in [3.05, 3.63) is 35.9 Å². The molecule has 4 atom stereocenters. The van der Waals surface area contributed by atoms with Crippen molar-refractivity contribution in [1.82, 2.24) is 14.8 Å². The van der Waals surface area contributed by atoms with Gasteiger partial charge in [0.15, 0.2) is 22.5 Å². The van der Waals surface area contributed by atoms with Crippen LogP contribution in [0.25, 0.3) is 0 Å². The van der Waals surface area contributed by atoms with Gasteiger partial charge in [0, 0.05) is 18.2 Å². The van der Waals surface area contributed by atoms with Crippen molar-refractivity contribution >= 4 is 11.8 Å². The van der Waals surface area contributed by atoms with Crippen LogP contribution in [0.5, 0.6) is 5.75 Å². The molecule has 28 heavy (non-hydrogen) atoms. The molecule has 0 N–H and O–H groups in total. The molecule has 2 saturated carbocycles. The Morgan fingerprint density at radius 2 is 2.18 bits per heavy atom. The monoisotopic (exact) mass is 400 g/mol. The van der Waals surface area contributed by atoms with Crippen LogP contribution in [0.2, 0.25) is 0 Å². The van der Waals surface area contributed by atoms with E-state index in [-0.39, 0.29) is 24.2 Å². The zero-order chi connectivity index (χ0) is 19.5. The molecule has 2 fully saturated rings. The number of ether oxygens (including phenoxy) is 1. The van der Waals surface area contributed by atoms with Gasteiger partial charge < -0.3 is 4.74 Å². The number of hydrogen-bond acceptors (Lipinski definition) is 5. The molecule has 4 rings (SSSR count). The zero-order valence-electron chi connectivity index (χ0n) is 16.1. The van der Waals surface area contributed by atoms with E-state index >= 15 is 0 Å². The smallest absolute Gasteiger partial charge is 0.191 e. The number of benzene rings is 1. The molecule has 1 aromatic carbocycles. The average molecular weight is 401 g/mol. The fourth-order valence-electron chi connectivity index (χ4n) is 4.88. The first-order valence-electron chi connectivity index (χ1n) is 9.98. The van der Waals surface area contributed by atoms with E-state index in [1.807, 2.05) is 0 Å². The van der Waals surface area contributed by atoms with E-state index in [0.717, 1.165) is 22.8 Å². The highest BCUT2D eigenvalue weighted by Gasteiger charge is 2.43. The van der Waals surface area contributed by atoms with Crippen molar-refractivity contribution in [2.24, 2.45) is 17.8 Å². The standard InChI is InChI=1S/C21H25FN4OS/c1-14(17-12-15-7-8-16(17)11-15)26-20(24-25-21(26)28-10-4-9-23)13-27-19-6-3-2-5-18(19)22/h2-3,5-6,14-17H,4,7-8,10-13H2,1H3/t14-,15-,16-,17+/m0/s1. The molecule has 0 amide bonds. The number of thioether (sulfide) groups is 1. The van der Waals surface area contributed by atoms with Crippen LogP contribution in [0, 0.1) is 34.9 Å². The lowest BCUT2D eigenvalue weighted by Gasteiger charge is -2.30. The predicted molar refractivity (Wildman–Crippen MR) is 105 cm³/mol. The van der Waals surface area contributed by atoms with E-state index in [9.17, 15) is 4.39 Å². The maximum atomic E-state index is 13.9. The molecule has 7 heteroatoms. The molecule has 5 nitrogen and oxygen atoms in total. The van der Waals surface area contributed by atoms with Gasteiger partial charge in [-0.3, -0.25) is 4.57 Å². The summed E-state index contributed by atoms with van der Waals surface area (Å²) in [6, 6.07) is 8.86. The van der Waals surface area contributed by atoms with Gasteiger partial charge in [-0.15, -0.1) is 10.2 Å². The van der Waals surface area contributed by atoms with Gasteiger partial charge in [0.2, 0.25) is 0 Å². The summed E-state index contributed by atoms with van der Waals surface area (Å²) in [5, 5.41) is 18.4. The summed E-state index contributed by atoms with van der Waals surface area (Å²) in [5.74, 6) is 3.52.